The molecule has 0 saturated carbocycles. The van der Waals surface area contributed by atoms with Crippen molar-refractivity contribution in [2.45, 2.75) is 26.3 Å². The lowest BCUT2D eigenvalue weighted by Gasteiger charge is -2.17. The molecule has 1 amide bonds. The molecule has 8 nitrogen and oxygen atoms in total. The summed E-state index contributed by atoms with van der Waals surface area (Å²) in [6.45, 7) is 2.43. The molecule has 0 aliphatic carbocycles. The zero-order chi connectivity index (χ0) is 26.5. The number of H-pyrrole nitrogens is 1. The van der Waals surface area contributed by atoms with Gasteiger partial charge in [-0.1, -0.05) is 43.3 Å². The van der Waals surface area contributed by atoms with Gasteiger partial charge in [0, 0.05) is 20.0 Å². The lowest BCUT2D eigenvalue weighted by molar-refractivity contribution is 0.0696. The maximum Gasteiger partial charge on any atom is 0.335 e. The predicted octanol–water partition coefficient (Wildman–Crippen LogP) is 4.22. The van der Waals surface area contributed by atoms with Crippen LogP contribution in [0.4, 0.5) is 4.39 Å². The molecule has 2 N–H and O–H groups in total. The first-order valence-corrected chi connectivity index (χ1v) is 11.8. The Morgan fingerprint density at radius 2 is 1.78 bits per heavy atom. The standard InChI is InChI=1S/C28H26FN3O5/c1-3-17-5-4-6-19(15-17)16-32(2)27(34)25-30-22-12-11-21(29)24(23(22)26(33)31-25)37-14-13-18-7-9-20(10-8-18)28(35)36/h4-12,15H,3,13-14,16H2,1-2H3,(H,35,36)(H,30,31,33). The van der Waals surface area contributed by atoms with E-state index in [1.807, 2.05) is 24.3 Å². The molecule has 0 bridgehead atoms. The number of aromatic amines is 1. The minimum absolute atomic E-state index is 0.0438. The monoisotopic (exact) mass is 503 g/mol. The van der Waals surface area contributed by atoms with Gasteiger partial charge in [-0.2, -0.15) is 0 Å². The van der Waals surface area contributed by atoms with Gasteiger partial charge in [-0.25, -0.2) is 14.2 Å². The maximum atomic E-state index is 14.6. The first kappa shape index (κ1) is 25.6. The second-order valence-electron chi connectivity index (χ2n) is 8.62. The minimum atomic E-state index is -1.03. The van der Waals surface area contributed by atoms with Gasteiger partial charge in [-0.3, -0.25) is 9.59 Å². The molecule has 0 fully saturated rings. The zero-order valence-corrected chi connectivity index (χ0v) is 20.5. The Balaban J connectivity index is 1.52. The molecule has 0 atom stereocenters. The number of fused-ring (bicyclic) bond motifs is 1. The van der Waals surface area contributed by atoms with E-state index in [0.717, 1.165) is 29.2 Å². The molecule has 4 aromatic rings. The van der Waals surface area contributed by atoms with Crippen LogP contribution >= 0.6 is 0 Å². The Bertz CT molecular complexity index is 1520. The third kappa shape index (κ3) is 5.83. The highest BCUT2D eigenvalue weighted by Gasteiger charge is 2.20. The molecule has 1 aromatic heterocycles. The molecule has 0 unspecified atom stereocenters. The van der Waals surface area contributed by atoms with Crippen molar-refractivity contribution in [1.29, 1.82) is 0 Å². The number of rotatable bonds is 9. The van der Waals surface area contributed by atoms with E-state index in [2.05, 4.69) is 16.9 Å². The summed E-state index contributed by atoms with van der Waals surface area (Å²) in [5, 5.41) is 8.91. The normalized spacial score (nSPS) is 10.9. The van der Waals surface area contributed by atoms with E-state index in [9.17, 15) is 18.8 Å². The van der Waals surface area contributed by atoms with Crippen LogP contribution in [0.25, 0.3) is 10.9 Å². The molecule has 0 saturated heterocycles. The number of nitrogens with zero attached hydrogens (tertiary/aromatic N) is 2. The number of aromatic carboxylic acids is 1. The van der Waals surface area contributed by atoms with Gasteiger partial charge in [0.25, 0.3) is 11.5 Å². The summed E-state index contributed by atoms with van der Waals surface area (Å²) in [7, 11) is 1.62. The highest BCUT2D eigenvalue weighted by molar-refractivity contribution is 5.93. The molecule has 0 radical (unpaired) electrons. The van der Waals surface area contributed by atoms with Gasteiger partial charge >= 0.3 is 5.97 Å². The fourth-order valence-electron chi connectivity index (χ4n) is 3.98. The Kier molecular flexibility index (Phi) is 7.62. The van der Waals surface area contributed by atoms with Gasteiger partial charge in [-0.05, 0) is 47.4 Å². The molecular weight excluding hydrogens is 477 g/mol. The smallest absolute Gasteiger partial charge is 0.335 e. The van der Waals surface area contributed by atoms with Gasteiger partial charge < -0.3 is 19.7 Å². The molecule has 0 aliphatic heterocycles. The first-order chi connectivity index (χ1) is 17.8. The first-order valence-electron chi connectivity index (χ1n) is 11.8. The summed E-state index contributed by atoms with van der Waals surface area (Å²) < 4.78 is 20.2. The minimum Gasteiger partial charge on any atom is -0.489 e. The van der Waals surface area contributed by atoms with Crippen molar-refractivity contribution in [3.8, 4) is 5.75 Å². The van der Waals surface area contributed by atoms with E-state index in [0.29, 0.717) is 13.0 Å². The van der Waals surface area contributed by atoms with E-state index in [1.165, 1.54) is 23.1 Å². The van der Waals surface area contributed by atoms with E-state index < -0.39 is 23.3 Å². The number of aromatic nitrogens is 2. The van der Waals surface area contributed by atoms with E-state index in [-0.39, 0.29) is 34.6 Å². The van der Waals surface area contributed by atoms with Crippen LogP contribution in [0.15, 0.2) is 65.5 Å². The van der Waals surface area contributed by atoms with Gasteiger partial charge in [0.05, 0.1) is 17.7 Å². The molecule has 9 heteroatoms. The van der Waals surface area contributed by atoms with Gasteiger partial charge in [-0.15, -0.1) is 0 Å². The summed E-state index contributed by atoms with van der Waals surface area (Å²) in [4.78, 5) is 45.1. The average molecular weight is 504 g/mol. The van der Waals surface area contributed by atoms with Crippen LogP contribution in [0.3, 0.4) is 0 Å². The molecule has 190 valence electrons. The van der Waals surface area contributed by atoms with Crippen molar-refractivity contribution >= 4 is 22.8 Å². The van der Waals surface area contributed by atoms with Crippen molar-refractivity contribution in [3.63, 3.8) is 0 Å². The lowest BCUT2D eigenvalue weighted by atomic mass is 10.1. The largest absolute Gasteiger partial charge is 0.489 e. The number of carboxylic acids is 1. The van der Waals surface area contributed by atoms with Crippen molar-refractivity contribution in [2.75, 3.05) is 13.7 Å². The molecule has 3 aromatic carbocycles. The van der Waals surface area contributed by atoms with Crippen LogP contribution in [-0.2, 0) is 19.4 Å². The molecule has 1 heterocycles. The fourth-order valence-corrected chi connectivity index (χ4v) is 3.98. The Morgan fingerprint density at radius 1 is 1.05 bits per heavy atom. The van der Waals surface area contributed by atoms with Crippen molar-refractivity contribution < 1.29 is 23.8 Å². The summed E-state index contributed by atoms with van der Waals surface area (Å²) in [5.74, 6) is -2.63. The summed E-state index contributed by atoms with van der Waals surface area (Å²) in [6, 6.07) is 16.6. The lowest BCUT2D eigenvalue weighted by Crippen LogP contribution is -2.30. The Labute approximate surface area is 212 Å². The van der Waals surface area contributed by atoms with E-state index >= 15 is 0 Å². The number of halogens is 1. The Morgan fingerprint density at radius 3 is 2.49 bits per heavy atom. The highest BCUT2D eigenvalue weighted by Crippen LogP contribution is 2.25. The van der Waals surface area contributed by atoms with Gasteiger partial charge in [0.2, 0.25) is 0 Å². The van der Waals surface area contributed by atoms with Crippen LogP contribution in [0.2, 0.25) is 0 Å². The third-order valence-electron chi connectivity index (χ3n) is 5.99. The van der Waals surface area contributed by atoms with Crippen LogP contribution < -0.4 is 10.3 Å². The number of carboxylic acid groups (broad SMARTS) is 1. The zero-order valence-electron chi connectivity index (χ0n) is 20.5. The van der Waals surface area contributed by atoms with Crippen molar-refractivity contribution in [2.24, 2.45) is 0 Å². The summed E-state index contributed by atoms with van der Waals surface area (Å²) in [5.41, 5.74) is 2.51. The number of benzene rings is 3. The third-order valence-corrected chi connectivity index (χ3v) is 5.99. The van der Waals surface area contributed by atoms with Crippen LogP contribution in [-0.4, -0.2) is 45.5 Å². The summed E-state index contributed by atoms with van der Waals surface area (Å²) in [6.07, 6.45) is 1.24. The number of aryl methyl sites for hydroxylation is 1. The van der Waals surface area contributed by atoms with Gasteiger partial charge in [0.1, 0.15) is 5.39 Å². The van der Waals surface area contributed by atoms with Crippen molar-refractivity contribution in [3.05, 3.63) is 105 Å². The number of carbonyl (C=O) groups excluding carboxylic acids is 1. The number of carbonyl (C=O) groups is 2. The topological polar surface area (TPSA) is 113 Å². The molecule has 37 heavy (non-hydrogen) atoms. The number of amides is 1. The molecule has 0 spiro atoms. The maximum absolute atomic E-state index is 14.6. The van der Waals surface area contributed by atoms with Crippen LogP contribution in [0, 0.1) is 5.82 Å². The number of ether oxygens (including phenoxy) is 1. The molecular formula is C28H26FN3O5. The van der Waals surface area contributed by atoms with E-state index in [4.69, 9.17) is 9.84 Å². The number of hydrogen-bond donors (Lipinski definition) is 2. The number of nitrogens with one attached hydrogen (secondary N) is 1. The highest BCUT2D eigenvalue weighted by atomic mass is 19.1. The SMILES string of the molecule is CCc1cccc(CN(C)C(=O)c2nc3ccc(F)c(OCCc4ccc(C(=O)O)cc4)c3c(=O)[nH]2)c1. The van der Waals surface area contributed by atoms with Crippen LogP contribution in [0.1, 0.15) is 44.6 Å². The quantitative estimate of drug-likeness (QED) is 0.354. The van der Waals surface area contributed by atoms with Gasteiger partial charge in [0.15, 0.2) is 17.4 Å². The van der Waals surface area contributed by atoms with Crippen molar-refractivity contribution in [1.82, 2.24) is 14.9 Å². The van der Waals surface area contributed by atoms with E-state index in [1.54, 1.807) is 19.2 Å². The van der Waals surface area contributed by atoms with Crippen LogP contribution in [0.5, 0.6) is 5.75 Å². The average Bonchev–Trinajstić information content (AvgIpc) is 2.89. The summed E-state index contributed by atoms with van der Waals surface area (Å²) >= 11 is 0. The second-order valence-corrected chi connectivity index (χ2v) is 8.62. The predicted molar refractivity (Wildman–Crippen MR) is 137 cm³/mol. The number of hydrogen-bond acceptors (Lipinski definition) is 5. The Hall–Kier alpha value is -4.53. The molecule has 0 aliphatic rings. The molecule has 4 rings (SSSR count). The second kappa shape index (κ2) is 11.0. The fraction of sp³-hybridized carbons (Fsp3) is 0.214.